The summed E-state index contributed by atoms with van der Waals surface area (Å²) in [5, 5.41) is 11.6. The third-order valence-corrected chi connectivity index (χ3v) is 7.52. The van der Waals surface area contributed by atoms with E-state index in [4.69, 9.17) is 17.3 Å². The lowest BCUT2D eigenvalue weighted by atomic mass is 9.66. The van der Waals surface area contributed by atoms with Gasteiger partial charge in [0, 0.05) is 23.0 Å². The summed E-state index contributed by atoms with van der Waals surface area (Å²) in [5.74, 6) is 1.06. The van der Waals surface area contributed by atoms with Crippen molar-refractivity contribution < 1.29 is 9.50 Å². The highest BCUT2D eigenvalue weighted by Gasteiger charge is 2.55. The number of hydrogen-bond acceptors (Lipinski definition) is 4. The van der Waals surface area contributed by atoms with E-state index in [1.165, 1.54) is 12.1 Å². The van der Waals surface area contributed by atoms with Gasteiger partial charge in [0.2, 0.25) is 0 Å². The predicted octanol–water partition coefficient (Wildman–Crippen LogP) is 5.26. The maximum Gasteiger partial charge on any atom is 0.148 e. The molecule has 1 heterocycles. The van der Waals surface area contributed by atoms with Gasteiger partial charge in [-0.3, -0.25) is 0 Å². The highest BCUT2D eigenvalue weighted by Crippen LogP contribution is 2.56. The second kappa shape index (κ2) is 7.97. The summed E-state index contributed by atoms with van der Waals surface area (Å²) in [6, 6.07) is 13.8. The van der Waals surface area contributed by atoms with Crippen LogP contribution >= 0.6 is 11.6 Å². The van der Waals surface area contributed by atoms with Crippen LogP contribution < -0.4 is 5.73 Å². The second-order valence-corrected chi connectivity index (χ2v) is 9.34. The Morgan fingerprint density at radius 2 is 1.68 bits per heavy atom. The number of hydrogen-bond donors (Lipinski definition) is 2. The maximum absolute atomic E-state index is 14.2. The number of nitrogens with two attached hydrogens (primary N) is 1. The fraction of sp³-hybridized carbons (Fsp3) is 0.360. The fourth-order valence-corrected chi connectivity index (χ4v) is 5.83. The fourth-order valence-electron chi connectivity index (χ4n) is 5.66. The van der Waals surface area contributed by atoms with Crippen molar-refractivity contribution in [3.63, 3.8) is 0 Å². The summed E-state index contributed by atoms with van der Waals surface area (Å²) in [7, 11) is 0. The van der Waals surface area contributed by atoms with Gasteiger partial charge in [0.05, 0.1) is 11.6 Å². The van der Waals surface area contributed by atoms with Gasteiger partial charge < -0.3 is 10.8 Å². The molecule has 160 valence electrons. The molecule has 2 aliphatic rings. The summed E-state index contributed by atoms with van der Waals surface area (Å²) in [6.45, 7) is 0. The van der Waals surface area contributed by atoms with Crippen molar-refractivity contribution in [2.24, 2.45) is 23.5 Å². The van der Waals surface area contributed by atoms with E-state index in [-0.39, 0.29) is 23.6 Å². The molecular weight excluding hydrogens is 413 g/mol. The van der Waals surface area contributed by atoms with Gasteiger partial charge in [-0.05, 0) is 78.8 Å². The Balaban J connectivity index is 1.35. The highest BCUT2D eigenvalue weighted by atomic mass is 35.5. The number of aliphatic hydroxyl groups excluding tert-OH is 1. The molecule has 3 unspecified atom stereocenters. The van der Waals surface area contributed by atoms with Crippen molar-refractivity contribution in [3.8, 4) is 11.1 Å². The van der Waals surface area contributed by atoms with E-state index in [9.17, 15) is 9.50 Å². The first-order valence-corrected chi connectivity index (χ1v) is 11.1. The summed E-state index contributed by atoms with van der Waals surface area (Å²) in [6.07, 6.45) is 6.69. The normalized spacial score (nSPS) is 28.5. The van der Waals surface area contributed by atoms with Gasteiger partial charge in [0.1, 0.15) is 11.6 Å². The quantitative estimate of drug-likeness (QED) is 0.584. The Hall–Kier alpha value is -2.34. The lowest BCUT2D eigenvalue weighted by Gasteiger charge is -2.44. The Kier molecular flexibility index (Phi) is 5.29. The van der Waals surface area contributed by atoms with Crippen LogP contribution in [0.15, 0.2) is 60.9 Å². The topological polar surface area (TPSA) is 72.0 Å². The summed E-state index contributed by atoms with van der Waals surface area (Å²) < 4.78 is 14.2. The van der Waals surface area contributed by atoms with Gasteiger partial charge in [0.15, 0.2) is 0 Å². The number of aromatic nitrogens is 2. The van der Waals surface area contributed by atoms with Crippen molar-refractivity contribution in [2.75, 3.05) is 0 Å². The molecule has 1 aromatic heterocycles. The third-order valence-electron chi connectivity index (χ3n) is 7.28. The largest absolute Gasteiger partial charge is 0.388 e. The predicted molar refractivity (Wildman–Crippen MR) is 119 cm³/mol. The van der Waals surface area contributed by atoms with E-state index in [1.807, 2.05) is 30.3 Å². The van der Waals surface area contributed by atoms with Gasteiger partial charge in [-0.1, -0.05) is 35.9 Å². The maximum atomic E-state index is 14.2. The van der Waals surface area contributed by atoms with Gasteiger partial charge in [-0.25, -0.2) is 14.4 Å². The Labute approximate surface area is 186 Å². The zero-order valence-electron chi connectivity index (χ0n) is 17.1. The van der Waals surface area contributed by atoms with Crippen LogP contribution in [0.3, 0.4) is 0 Å². The van der Waals surface area contributed by atoms with E-state index in [2.05, 4.69) is 9.97 Å². The second-order valence-electron chi connectivity index (χ2n) is 8.90. The molecule has 0 saturated heterocycles. The molecule has 2 aliphatic carbocycles. The molecule has 0 spiro atoms. The monoisotopic (exact) mass is 437 g/mol. The molecular formula is C25H25ClFN3O. The molecule has 4 nitrogen and oxygen atoms in total. The lowest BCUT2D eigenvalue weighted by molar-refractivity contribution is 0.0275. The first kappa shape index (κ1) is 20.6. The van der Waals surface area contributed by atoms with Crippen molar-refractivity contribution >= 4 is 11.6 Å². The van der Waals surface area contributed by atoms with Crippen molar-refractivity contribution in [1.29, 1.82) is 0 Å². The third kappa shape index (κ3) is 3.55. The SMILES string of the molecule is NC1(c2ncccn2)C2CCC1CC(C(O)c1ccc(-c3cc(Cl)ccc3F)cc1)C2. The van der Waals surface area contributed by atoms with Gasteiger partial charge in [-0.15, -0.1) is 0 Å². The van der Waals surface area contributed by atoms with Gasteiger partial charge in [-0.2, -0.15) is 0 Å². The number of benzene rings is 2. The van der Waals surface area contributed by atoms with Crippen LogP contribution in [0.1, 0.15) is 43.2 Å². The smallest absolute Gasteiger partial charge is 0.148 e. The Morgan fingerprint density at radius 3 is 2.32 bits per heavy atom. The number of halogens is 2. The number of rotatable bonds is 4. The summed E-state index contributed by atoms with van der Waals surface area (Å²) in [5.41, 5.74) is 8.42. The van der Waals surface area contributed by atoms with Crippen LogP contribution in [0.5, 0.6) is 0 Å². The molecule has 31 heavy (non-hydrogen) atoms. The highest BCUT2D eigenvalue weighted by molar-refractivity contribution is 6.30. The molecule has 6 heteroatoms. The molecule has 2 fully saturated rings. The number of aliphatic hydroxyl groups is 1. The minimum Gasteiger partial charge on any atom is -0.388 e. The number of fused-ring (bicyclic) bond motifs is 2. The van der Waals surface area contributed by atoms with Crippen LogP contribution in [0.2, 0.25) is 5.02 Å². The van der Waals surface area contributed by atoms with Crippen LogP contribution in [0.4, 0.5) is 4.39 Å². The molecule has 0 radical (unpaired) electrons. The Bertz CT molecular complexity index is 1060. The van der Waals surface area contributed by atoms with Crippen molar-refractivity contribution in [3.05, 3.63) is 83.2 Å². The van der Waals surface area contributed by atoms with Crippen LogP contribution in [-0.4, -0.2) is 15.1 Å². The molecule has 3 atom stereocenters. The molecule has 3 N–H and O–H groups in total. The first-order chi connectivity index (χ1) is 15.0. The van der Waals surface area contributed by atoms with E-state index >= 15 is 0 Å². The van der Waals surface area contributed by atoms with Crippen LogP contribution in [0.25, 0.3) is 11.1 Å². The van der Waals surface area contributed by atoms with E-state index < -0.39 is 11.6 Å². The molecule has 2 bridgehead atoms. The molecule has 3 aromatic rings. The molecule has 0 aliphatic heterocycles. The van der Waals surface area contributed by atoms with E-state index in [1.54, 1.807) is 18.5 Å². The van der Waals surface area contributed by atoms with E-state index in [0.29, 0.717) is 10.6 Å². The zero-order valence-corrected chi connectivity index (χ0v) is 17.8. The van der Waals surface area contributed by atoms with Crippen LogP contribution in [-0.2, 0) is 5.54 Å². The van der Waals surface area contributed by atoms with Gasteiger partial charge >= 0.3 is 0 Å². The average Bonchev–Trinajstić information content (AvgIpc) is 2.97. The van der Waals surface area contributed by atoms with Crippen molar-refractivity contribution in [1.82, 2.24) is 9.97 Å². The summed E-state index contributed by atoms with van der Waals surface area (Å²) >= 11 is 6.02. The minimum atomic E-state index is -0.581. The first-order valence-electron chi connectivity index (χ1n) is 10.8. The number of nitrogens with zero attached hydrogens (tertiary/aromatic N) is 2. The van der Waals surface area contributed by atoms with Gasteiger partial charge in [0.25, 0.3) is 0 Å². The Morgan fingerprint density at radius 1 is 1.03 bits per heavy atom. The summed E-state index contributed by atoms with van der Waals surface area (Å²) in [4.78, 5) is 8.91. The van der Waals surface area contributed by atoms with Crippen molar-refractivity contribution in [2.45, 2.75) is 37.3 Å². The minimum absolute atomic E-state index is 0.131. The molecule has 5 rings (SSSR count). The lowest BCUT2D eigenvalue weighted by Crippen LogP contribution is -2.51. The zero-order chi connectivity index (χ0) is 21.6. The standard InChI is InChI=1S/C25H25ClFN3O/c26-20-8-9-22(27)21(14-20)15-2-4-16(5-3-15)23(31)17-12-18-6-7-19(13-17)25(18,28)24-29-10-1-11-30-24/h1-5,8-11,14,17-19,23,31H,6-7,12-13,28H2. The molecule has 0 amide bonds. The molecule has 2 aromatic carbocycles. The molecule has 2 saturated carbocycles. The van der Waals surface area contributed by atoms with Crippen LogP contribution in [0, 0.1) is 23.6 Å². The van der Waals surface area contributed by atoms with E-state index in [0.717, 1.165) is 42.6 Å². The average molecular weight is 438 g/mol.